The van der Waals surface area contributed by atoms with Crippen LogP contribution >= 0.6 is 0 Å². The van der Waals surface area contributed by atoms with Crippen molar-refractivity contribution in [3.8, 4) is 5.75 Å². The molecule has 0 unspecified atom stereocenters. The molecule has 0 spiro atoms. The van der Waals surface area contributed by atoms with Gasteiger partial charge in [0.25, 0.3) is 0 Å². The minimum atomic E-state index is -0.0269. The number of hydrogen-bond acceptors (Lipinski definition) is 4. The number of rotatable bonds is 5. The molecule has 0 atom stereocenters. The zero-order chi connectivity index (χ0) is 14.4. The number of phenols is 1. The summed E-state index contributed by atoms with van der Waals surface area (Å²) in [6, 6.07) is 6.34. The van der Waals surface area contributed by atoms with Gasteiger partial charge in [-0.2, -0.15) is 0 Å². The van der Waals surface area contributed by atoms with Crippen LogP contribution in [-0.4, -0.2) is 53.4 Å². The van der Waals surface area contributed by atoms with Gasteiger partial charge in [0.05, 0.1) is 0 Å². The Bertz CT molecular complexity index is 460. The molecule has 4 nitrogen and oxygen atoms in total. The highest BCUT2D eigenvalue weighted by Crippen LogP contribution is 2.11. The first-order valence-electron chi connectivity index (χ1n) is 7.17. The van der Waals surface area contributed by atoms with E-state index in [1.54, 1.807) is 18.2 Å². The molecule has 0 aliphatic carbocycles. The Morgan fingerprint density at radius 1 is 1.20 bits per heavy atom. The number of piperazine rings is 1. The maximum Gasteiger partial charge on any atom is 0.187 e. The SMILES string of the molecule is CCCN1CCN(C=CC(=O)c2ccc(O)cc2)CC1. The van der Waals surface area contributed by atoms with Crippen LogP contribution in [0.5, 0.6) is 5.75 Å². The van der Waals surface area contributed by atoms with Crippen molar-refractivity contribution in [2.75, 3.05) is 32.7 Å². The number of phenolic OH excluding ortho intramolecular Hbond substituents is 1. The van der Waals surface area contributed by atoms with E-state index in [0.29, 0.717) is 5.56 Å². The summed E-state index contributed by atoms with van der Waals surface area (Å²) in [7, 11) is 0. The number of aromatic hydroxyl groups is 1. The van der Waals surface area contributed by atoms with Gasteiger partial charge in [-0.25, -0.2) is 0 Å². The summed E-state index contributed by atoms with van der Waals surface area (Å²) >= 11 is 0. The third kappa shape index (κ3) is 4.10. The monoisotopic (exact) mass is 274 g/mol. The fourth-order valence-corrected chi connectivity index (χ4v) is 2.35. The van der Waals surface area contributed by atoms with Crippen LogP contribution in [0.25, 0.3) is 0 Å². The second-order valence-corrected chi connectivity index (χ2v) is 5.10. The zero-order valence-electron chi connectivity index (χ0n) is 12.0. The van der Waals surface area contributed by atoms with E-state index in [-0.39, 0.29) is 11.5 Å². The molecule has 1 saturated heterocycles. The molecule has 0 aromatic heterocycles. The highest BCUT2D eigenvalue weighted by atomic mass is 16.3. The molecule has 1 N–H and O–H groups in total. The number of hydrogen-bond donors (Lipinski definition) is 1. The van der Waals surface area contributed by atoms with Gasteiger partial charge < -0.3 is 10.0 Å². The first-order valence-corrected chi connectivity index (χ1v) is 7.17. The van der Waals surface area contributed by atoms with Crippen LogP contribution in [0, 0.1) is 0 Å². The fraction of sp³-hybridized carbons (Fsp3) is 0.438. The summed E-state index contributed by atoms with van der Waals surface area (Å²) in [6.45, 7) is 7.42. The molecule has 1 aliphatic heterocycles. The van der Waals surface area contributed by atoms with Crippen LogP contribution in [0.1, 0.15) is 23.7 Å². The van der Waals surface area contributed by atoms with Gasteiger partial charge in [-0.3, -0.25) is 9.69 Å². The number of nitrogens with zero attached hydrogens (tertiary/aromatic N) is 2. The molecule has 4 heteroatoms. The first kappa shape index (κ1) is 14.6. The Morgan fingerprint density at radius 2 is 1.85 bits per heavy atom. The molecule has 20 heavy (non-hydrogen) atoms. The largest absolute Gasteiger partial charge is 0.508 e. The van der Waals surface area contributed by atoms with E-state index >= 15 is 0 Å². The van der Waals surface area contributed by atoms with Crippen LogP contribution in [0.2, 0.25) is 0 Å². The Morgan fingerprint density at radius 3 is 2.45 bits per heavy atom. The summed E-state index contributed by atoms with van der Waals surface area (Å²) in [6.07, 6.45) is 4.69. The molecule has 1 aromatic rings. The zero-order valence-corrected chi connectivity index (χ0v) is 12.0. The van der Waals surface area contributed by atoms with Gasteiger partial charge in [0.15, 0.2) is 5.78 Å². The van der Waals surface area contributed by atoms with Crippen LogP contribution in [-0.2, 0) is 0 Å². The fourth-order valence-electron chi connectivity index (χ4n) is 2.35. The molecule has 108 valence electrons. The summed E-state index contributed by atoms with van der Waals surface area (Å²) in [5.41, 5.74) is 0.601. The van der Waals surface area contributed by atoms with E-state index in [4.69, 9.17) is 0 Å². The summed E-state index contributed by atoms with van der Waals surface area (Å²) in [4.78, 5) is 16.6. The van der Waals surface area contributed by atoms with Crippen LogP contribution in [0.15, 0.2) is 36.5 Å². The van der Waals surface area contributed by atoms with Gasteiger partial charge in [0.2, 0.25) is 0 Å². The minimum Gasteiger partial charge on any atom is -0.508 e. The van der Waals surface area contributed by atoms with Gasteiger partial charge in [-0.05, 0) is 37.2 Å². The summed E-state index contributed by atoms with van der Waals surface area (Å²) in [5.74, 6) is 0.151. The number of benzene rings is 1. The number of carbonyl (C=O) groups excluding carboxylic acids is 1. The van der Waals surface area contributed by atoms with E-state index in [1.165, 1.54) is 18.6 Å². The second kappa shape index (κ2) is 7.10. The van der Waals surface area contributed by atoms with Crippen molar-refractivity contribution in [1.82, 2.24) is 9.80 Å². The summed E-state index contributed by atoms with van der Waals surface area (Å²) < 4.78 is 0. The average molecular weight is 274 g/mol. The molecule has 2 rings (SSSR count). The standard InChI is InChI=1S/C16H22N2O2/c1-2-8-17-10-12-18(13-11-17)9-7-16(20)14-3-5-15(19)6-4-14/h3-7,9,19H,2,8,10-13H2,1H3. The van der Waals surface area contributed by atoms with Gasteiger partial charge in [0, 0.05) is 44.0 Å². The minimum absolute atomic E-state index is 0.0269. The lowest BCUT2D eigenvalue weighted by atomic mass is 10.1. The van der Waals surface area contributed by atoms with Gasteiger partial charge in [-0.1, -0.05) is 6.92 Å². The first-order chi connectivity index (χ1) is 9.69. The van der Waals surface area contributed by atoms with Crippen molar-refractivity contribution in [3.05, 3.63) is 42.1 Å². The van der Waals surface area contributed by atoms with Crippen molar-refractivity contribution in [1.29, 1.82) is 0 Å². The highest BCUT2D eigenvalue weighted by molar-refractivity contribution is 6.04. The van der Waals surface area contributed by atoms with Crippen molar-refractivity contribution < 1.29 is 9.90 Å². The van der Waals surface area contributed by atoms with Crippen LogP contribution in [0.4, 0.5) is 0 Å². The molecule has 0 bridgehead atoms. The smallest absolute Gasteiger partial charge is 0.187 e. The average Bonchev–Trinajstić information content (AvgIpc) is 2.47. The Kier molecular flexibility index (Phi) is 5.18. The maximum absolute atomic E-state index is 12.0. The van der Waals surface area contributed by atoms with Crippen molar-refractivity contribution in [2.45, 2.75) is 13.3 Å². The Labute approximate surface area is 120 Å². The number of ketones is 1. The van der Waals surface area contributed by atoms with Crippen LogP contribution in [0.3, 0.4) is 0 Å². The van der Waals surface area contributed by atoms with Crippen molar-refractivity contribution in [3.63, 3.8) is 0 Å². The predicted molar refractivity (Wildman–Crippen MR) is 79.9 cm³/mol. The Balaban J connectivity index is 1.84. The molecule has 1 aliphatic rings. The number of carbonyl (C=O) groups is 1. The van der Waals surface area contributed by atoms with Gasteiger partial charge in [0.1, 0.15) is 5.75 Å². The number of allylic oxidation sites excluding steroid dienone is 1. The topological polar surface area (TPSA) is 43.8 Å². The normalized spacial score (nSPS) is 16.8. The lowest BCUT2D eigenvalue weighted by Gasteiger charge is -2.33. The van der Waals surface area contributed by atoms with E-state index in [0.717, 1.165) is 32.7 Å². The molecular formula is C16H22N2O2. The third-order valence-electron chi connectivity index (χ3n) is 3.54. The third-order valence-corrected chi connectivity index (χ3v) is 3.54. The molecule has 0 saturated carbocycles. The molecule has 1 heterocycles. The highest BCUT2D eigenvalue weighted by Gasteiger charge is 2.13. The Hall–Kier alpha value is -1.81. The van der Waals surface area contributed by atoms with E-state index in [1.807, 2.05) is 6.20 Å². The van der Waals surface area contributed by atoms with Crippen molar-refractivity contribution >= 4 is 5.78 Å². The molecule has 1 fully saturated rings. The molecule has 0 amide bonds. The molecule has 1 aromatic carbocycles. The summed E-state index contributed by atoms with van der Waals surface area (Å²) in [5, 5.41) is 9.20. The molecular weight excluding hydrogens is 252 g/mol. The van der Waals surface area contributed by atoms with E-state index < -0.39 is 0 Å². The predicted octanol–water partition coefficient (Wildman–Crippen LogP) is 2.12. The lowest BCUT2D eigenvalue weighted by molar-refractivity contribution is 0.104. The molecule has 0 radical (unpaired) electrons. The second-order valence-electron chi connectivity index (χ2n) is 5.10. The lowest BCUT2D eigenvalue weighted by Crippen LogP contribution is -2.44. The van der Waals surface area contributed by atoms with E-state index in [2.05, 4.69) is 16.7 Å². The van der Waals surface area contributed by atoms with Gasteiger partial charge >= 0.3 is 0 Å². The van der Waals surface area contributed by atoms with Crippen molar-refractivity contribution in [2.24, 2.45) is 0 Å². The quantitative estimate of drug-likeness (QED) is 0.660. The maximum atomic E-state index is 12.0. The van der Waals surface area contributed by atoms with E-state index in [9.17, 15) is 9.90 Å². The van der Waals surface area contributed by atoms with Gasteiger partial charge in [-0.15, -0.1) is 0 Å². The van der Waals surface area contributed by atoms with Crippen LogP contribution < -0.4 is 0 Å².